The first-order valence-electron chi connectivity index (χ1n) is 7.20. The molecule has 1 aromatic rings. The van der Waals surface area contributed by atoms with E-state index in [9.17, 15) is 10.1 Å². The van der Waals surface area contributed by atoms with Crippen molar-refractivity contribution in [1.29, 1.82) is 0 Å². The molecule has 0 aliphatic carbocycles. The van der Waals surface area contributed by atoms with E-state index in [1.165, 1.54) is 30.8 Å². The Bertz CT molecular complexity index is 514. The molecule has 1 aliphatic heterocycles. The fraction of sp³-hybridized carbons (Fsp3) is 0.600. The molecule has 0 amide bonds. The number of methoxy groups -OCH3 is 1. The van der Waals surface area contributed by atoms with Crippen LogP contribution in [0.15, 0.2) is 12.1 Å². The first-order chi connectivity index (χ1) is 10.1. The van der Waals surface area contributed by atoms with Crippen molar-refractivity contribution in [2.24, 2.45) is 5.92 Å². The summed E-state index contributed by atoms with van der Waals surface area (Å²) in [6.45, 7) is 3.96. The van der Waals surface area contributed by atoms with Crippen LogP contribution in [0.2, 0.25) is 0 Å². The van der Waals surface area contributed by atoms with Crippen LogP contribution in [0.25, 0.3) is 0 Å². The number of rotatable bonds is 5. The average Bonchev–Trinajstić information content (AvgIpc) is 2.48. The van der Waals surface area contributed by atoms with Crippen molar-refractivity contribution in [2.75, 3.05) is 29.5 Å². The van der Waals surface area contributed by atoms with Crippen molar-refractivity contribution in [3.05, 3.63) is 27.8 Å². The molecule has 1 aromatic carbocycles. The Kier molecular flexibility index (Phi) is 5.66. The lowest BCUT2D eigenvalue weighted by atomic mass is 9.93. The predicted molar refractivity (Wildman–Crippen MR) is 92.8 cm³/mol. The second kappa shape index (κ2) is 7.29. The number of halogens is 1. The highest BCUT2D eigenvalue weighted by Gasteiger charge is 2.23. The molecular weight excluding hydrogens is 383 g/mol. The molecule has 1 saturated heterocycles. The lowest BCUT2D eigenvalue weighted by molar-refractivity contribution is -0.385. The zero-order chi connectivity index (χ0) is 15.4. The van der Waals surface area contributed by atoms with Gasteiger partial charge in [-0.1, -0.05) is 22.6 Å². The zero-order valence-electron chi connectivity index (χ0n) is 12.5. The Morgan fingerprint density at radius 2 is 2.10 bits per heavy atom. The third-order valence-electron chi connectivity index (χ3n) is 4.17. The minimum atomic E-state index is -0.387. The van der Waals surface area contributed by atoms with E-state index < -0.39 is 0 Å². The molecule has 2 rings (SSSR count). The molecule has 0 saturated carbocycles. The van der Waals surface area contributed by atoms with Gasteiger partial charge >= 0.3 is 5.69 Å². The highest BCUT2D eigenvalue weighted by atomic mass is 127. The summed E-state index contributed by atoms with van der Waals surface area (Å²) in [5, 5.41) is 11.0. The topological polar surface area (TPSA) is 55.6 Å². The van der Waals surface area contributed by atoms with E-state index in [1.54, 1.807) is 6.07 Å². The lowest BCUT2D eigenvalue weighted by Gasteiger charge is -2.34. The van der Waals surface area contributed by atoms with Crippen molar-refractivity contribution in [1.82, 2.24) is 0 Å². The molecule has 0 atom stereocenters. The normalized spacial score (nSPS) is 16.0. The van der Waals surface area contributed by atoms with Crippen LogP contribution in [0.5, 0.6) is 5.75 Å². The zero-order valence-corrected chi connectivity index (χ0v) is 14.6. The van der Waals surface area contributed by atoms with E-state index >= 15 is 0 Å². The van der Waals surface area contributed by atoms with Crippen molar-refractivity contribution < 1.29 is 9.66 Å². The van der Waals surface area contributed by atoms with E-state index in [0.717, 1.165) is 30.3 Å². The number of aryl methyl sites for hydroxylation is 1. The third kappa shape index (κ3) is 3.78. The largest absolute Gasteiger partial charge is 0.490 e. The smallest absolute Gasteiger partial charge is 0.311 e. The maximum absolute atomic E-state index is 11.0. The van der Waals surface area contributed by atoms with Gasteiger partial charge in [-0.2, -0.15) is 0 Å². The van der Waals surface area contributed by atoms with Gasteiger partial charge in [0, 0.05) is 30.9 Å². The van der Waals surface area contributed by atoms with Crippen LogP contribution in [0, 0.1) is 23.0 Å². The Balaban J connectivity index is 2.19. The van der Waals surface area contributed by atoms with Gasteiger partial charge in [0.25, 0.3) is 0 Å². The van der Waals surface area contributed by atoms with Crippen LogP contribution in [0.1, 0.15) is 24.8 Å². The molecule has 0 bridgehead atoms. The Morgan fingerprint density at radius 3 is 2.62 bits per heavy atom. The number of nitro groups is 1. The summed E-state index contributed by atoms with van der Waals surface area (Å²) in [7, 11) is 1.48. The summed E-state index contributed by atoms with van der Waals surface area (Å²) >= 11 is 2.44. The van der Waals surface area contributed by atoms with Crippen LogP contribution in [-0.2, 0) is 0 Å². The molecule has 1 fully saturated rings. The highest BCUT2D eigenvalue weighted by Crippen LogP contribution is 2.36. The molecule has 0 radical (unpaired) electrons. The molecule has 1 heterocycles. The second-order valence-corrected chi connectivity index (χ2v) is 6.55. The maximum Gasteiger partial charge on any atom is 0.311 e. The van der Waals surface area contributed by atoms with Gasteiger partial charge in [0.2, 0.25) is 0 Å². The SMILES string of the molecule is COc1cc(N2CCC(CCI)CC2)c(C)cc1[N+](=O)[O-]. The standard InChI is InChI=1S/C15H21IN2O3/c1-11-9-14(18(19)20)15(21-2)10-13(11)17-7-4-12(3-6-16)5-8-17/h9-10,12H,3-8H2,1-2H3. The number of nitro benzene ring substituents is 1. The van der Waals surface area contributed by atoms with E-state index in [4.69, 9.17) is 4.74 Å². The van der Waals surface area contributed by atoms with Crippen molar-refractivity contribution in [2.45, 2.75) is 26.2 Å². The number of nitrogens with zero attached hydrogens (tertiary/aromatic N) is 2. The summed E-state index contributed by atoms with van der Waals surface area (Å²) in [5.74, 6) is 1.16. The molecule has 0 N–H and O–H groups in total. The van der Waals surface area contributed by atoms with E-state index in [2.05, 4.69) is 27.5 Å². The minimum Gasteiger partial charge on any atom is -0.490 e. The molecule has 6 heteroatoms. The second-order valence-electron chi connectivity index (χ2n) is 5.48. The van der Waals surface area contributed by atoms with E-state index in [1.807, 2.05) is 13.0 Å². The Hall–Kier alpha value is -1.05. The van der Waals surface area contributed by atoms with Crippen LogP contribution < -0.4 is 9.64 Å². The van der Waals surface area contributed by atoms with E-state index in [0.29, 0.717) is 5.75 Å². The van der Waals surface area contributed by atoms with Gasteiger partial charge in [-0.3, -0.25) is 10.1 Å². The summed E-state index contributed by atoms with van der Waals surface area (Å²) in [6.07, 6.45) is 3.68. The Labute approximate surface area is 138 Å². The van der Waals surface area contributed by atoms with Gasteiger partial charge in [-0.05, 0) is 42.1 Å². The number of hydrogen-bond donors (Lipinski definition) is 0. The molecule has 0 unspecified atom stereocenters. The van der Waals surface area contributed by atoms with Gasteiger partial charge in [0.15, 0.2) is 5.75 Å². The minimum absolute atomic E-state index is 0.0403. The first kappa shape index (κ1) is 16.3. The fourth-order valence-corrected chi connectivity index (χ4v) is 3.81. The molecule has 5 nitrogen and oxygen atoms in total. The van der Waals surface area contributed by atoms with Crippen LogP contribution >= 0.6 is 22.6 Å². The number of piperidine rings is 1. The molecule has 1 aliphatic rings. The van der Waals surface area contributed by atoms with Gasteiger partial charge < -0.3 is 9.64 Å². The number of benzene rings is 1. The number of hydrogen-bond acceptors (Lipinski definition) is 4. The number of alkyl halides is 1. The quantitative estimate of drug-likeness (QED) is 0.323. The number of anilines is 1. The van der Waals surface area contributed by atoms with Crippen LogP contribution in [0.4, 0.5) is 11.4 Å². The van der Waals surface area contributed by atoms with E-state index in [-0.39, 0.29) is 10.6 Å². The summed E-state index contributed by atoms with van der Waals surface area (Å²) < 4.78 is 6.40. The molecule has 0 spiro atoms. The summed E-state index contributed by atoms with van der Waals surface area (Å²) in [5.41, 5.74) is 2.04. The monoisotopic (exact) mass is 404 g/mol. The van der Waals surface area contributed by atoms with Crippen molar-refractivity contribution in [3.8, 4) is 5.75 Å². The number of ether oxygens (including phenoxy) is 1. The summed E-state index contributed by atoms with van der Waals surface area (Å²) in [6, 6.07) is 3.43. The molecular formula is C15H21IN2O3. The van der Waals surface area contributed by atoms with Crippen molar-refractivity contribution in [3.63, 3.8) is 0 Å². The first-order valence-corrected chi connectivity index (χ1v) is 8.73. The molecule has 116 valence electrons. The highest BCUT2D eigenvalue weighted by molar-refractivity contribution is 14.1. The van der Waals surface area contributed by atoms with Crippen LogP contribution in [-0.4, -0.2) is 29.6 Å². The average molecular weight is 404 g/mol. The van der Waals surface area contributed by atoms with Crippen LogP contribution in [0.3, 0.4) is 0 Å². The predicted octanol–water partition coefficient (Wildman–Crippen LogP) is 3.95. The van der Waals surface area contributed by atoms with Gasteiger partial charge in [0.05, 0.1) is 12.0 Å². The maximum atomic E-state index is 11.0. The van der Waals surface area contributed by atoms with Gasteiger partial charge in [-0.25, -0.2) is 0 Å². The summed E-state index contributed by atoms with van der Waals surface area (Å²) in [4.78, 5) is 13.0. The lowest BCUT2D eigenvalue weighted by Crippen LogP contribution is -2.34. The fourth-order valence-electron chi connectivity index (χ4n) is 2.93. The molecule has 21 heavy (non-hydrogen) atoms. The Morgan fingerprint density at radius 1 is 1.43 bits per heavy atom. The van der Waals surface area contributed by atoms with Gasteiger partial charge in [0.1, 0.15) is 0 Å². The molecule has 0 aromatic heterocycles. The third-order valence-corrected chi connectivity index (χ3v) is 4.79. The van der Waals surface area contributed by atoms with Gasteiger partial charge in [-0.15, -0.1) is 0 Å². The van der Waals surface area contributed by atoms with Crippen molar-refractivity contribution >= 4 is 34.0 Å².